The molecule has 3 aliphatic rings. The molecule has 1 heterocycles. The Kier molecular flexibility index (Phi) is 6.95. The van der Waals surface area contributed by atoms with Gasteiger partial charge in [-0.2, -0.15) is 4.98 Å². The van der Waals surface area contributed by atoms with Crippen molar-refractivity contribution in [3.63, 3.8) is 0 Å². The van der Waals surface area contributed by atoms with Gasteiger partial charge in [-0.1, -0.05) is 19.3 Å². The predicted molar refractivity (Wildman–Crippen MR) is 121 cm³/mol. The first-order valence-electron chi connectivity index (χ1n) is 12.0. The molecule has 0 atom stereocenters. The van der Waals surface area contributed by atoms with Gasteiger partial charge in [0.25, 0.3) is 0 Å². The van der Waals surface area contributed by atoms with Crippen LogP contribution in [0.25, 0.3) is 0 Å². The van der Waals surface area contributed by atoms with E-state index in [1.807, 2.05) is 0 Å². The molecule has 1 aromatic rings. The van der Waals surface area contributed by atoms with Crippen molar-refractivity contribution in [1.29, 1.82) is 0 Å². The zero-order chi connectivity index (χ0) is 20.9. The predicted octanol–water partition coefficient (Wildman–Crippen LogP) is 3.78. The Bertz CT molecular complexity index is 723. The molecular weight excluding hydrogens is 376 g/mol. The molecule has 0 aromatic carbocycles. The van der Waals surface area contributed by atoms with E-state index < -0.39 is 0 Å². The van der Waals surface area contributed by atoms with E-state index in [2.05, 4.69) is 34.9 Å². The highest BCUT2D eigenvalue weighted by atomic mass is 16.2. The molecule has 2 amide bonds. The van der Waals surface area contributed by atoms with Crippen LogP contribution in [-0.4, -0.2) is 48.2 Å². The van der Waals surface area contributed by atoms with Gasteiger partial charge < -0.3 is 20.9 Å². The Morgan fingerprint density at radius 1 is 0.800 bits per heavy atom. The van der Waals surface area contributed by atoms with Crippen LogP contribution in [0.15, 0.2) is 0 Å². The first-order chi connectivity index (χ1) is 14.6. The number of rotatable bonds is 5. The molecule has 7 nitrogen and oxygen atoms in total. The number of aryl methyl sites for hydroxylation is 1. The molecule has 0 unspecified atom stereocenters. The van der Waals surface area contributed by atoms with Crippen molar-refractivity contribution in [2.75, 3.05) is 24.3 Å². The number of nitrogens with one attached hydrogen (secondary N) is 3. The number of anilines is 2. The summed E-state index contributed by atoms with van der Waals surface area (Å²) < 4.78 is 0. The summed E-state index contributed by atoms with van der Waals surface area (Å²) in [7, 11) is 4.13. The van der Waals surface area contributed by atoms with Gasteiger partial charge in [0.15, 0.2) is 0 Å². The molecule has 2 fully saturated rings. The fraction of sp³-hybridized carbons (Fsp3) is 0.783. The number of amides is 2. The SMILES string of the molecule is CN(C)c1nc(NC2CCC(NC(=O)NC3CCCCC3)CC2)nc2c1CCCC2. The fourth-order valence-electron chi connectivity index (χ4n) is 5.23. The van der Waals surface area contributed by atoms with Gasteiger partial charge in [0.2, 0.25) is 5.95 Å². The van der Waals surface area contributed by atoms with E-state index in [4.69, 9.17) is 9.97 Å². The summed E-state index contributed by atoms with van der Waals surface area (Å²) in [5.41, 5.74) is 2.55. The molecule has 2 saturated carbocycles. The van der Waals surface area contributed by atoms with Crippen LogP contribution in [0.1, 0.15) is 81.9 Å². The van der Waals surface area contributed by atoms with Crippen molar-refractivity contribution in [3.05, 3.63) is 11.3 Å². The molecule has 1 aromatic heterocycles. The number of aromatic nitrogens is 2. The minimum atomic E-state index is 0.0203. The summed E-state index contributed by atoms with van der Waals surface area (Å²) in [4.78, 5) is 24.1. The molecule has 0 spiro atoms. The maximum Gasteiger partial charge on any atom is 0.315 e. The summed E-state index contributed by atoms with van der Waals surface area (Å²) in [6.07, 6.45) is 14.7. The van der Waals surface area contributed by atoms with E-state index in [-0.39, 0.29) is 12.1 Å². The largest absolute Gasteiger partial charge is 0.362 e. The van der Waals surface area contributed by atoms with E-state index in [9.17, 15) is 4.79 Å². The third kappa shape index (κ3) is 5.35. The minimum Gasteiger partial charge on any atom is -0.362 e. The van der Waals surface area contributed by atoms with Crippen LogP contribution in [0.2, 0.25) is 0 Å². The third-order valence-electron chi connectivity index (χ3n) is 6.92. The first-order valence-corrected chi connectivity index (χ1v) is 12.0. The Balaban J connectivity index is 1.27. The lowest BCUT2D eigenvalue weighted by Gasteiger charge is -2.31. The fourth-order valence-corrected chi connectivity index (χ4v) is 5.23. The highest BCUT2D eigenvalue weighted by Gasteiger charge is 2.25. The highest BCUT2D eigenvalue weighted by Crippen LogP contribution is 2.29. The quantitative estimate of drug-likeness (QED) is 0.683. The number of carbonyl (C=O) groups is 1. The molecule has 166 valence electrons. The zero-order valence-electron chi connectivity index (χ0n) is 18.7. The topological polar surface area (TPSA) is 82.2 Å². The van der Waals surface area contributed by atoms with Crippen molar-refractivity contribution in [2.24, 2.45) is 0 Å². The Morgan fingerprint density at radius 3 is 2.13 bits per heavy atom. The van der Waals surface area contributed by atoms with Gasteiger partial charge in [0.05, 0.1) is 5.69 Å². The Labute approximate surface area is 180 Å². The van der Waals surface area contributed by atoms with E-state index in [0.717, 1.165) is 63.1 Å². The lowest BCUT2D eigenvalue weighted by molar-refractivity contribution is 0.224. The van der Waals surface area contributed by atoms with E-state index in [0.29, 0.717) is 12.1 Å². The lowest BCUT2D eigenvalue weighted by atomic mass is 9.91. The van der Waals surface area contributed by atoms with Crippen LogP contribution in [0.3, 0.4) is 0 Å². The minimum absolute atomic E-state index is 0.0203. The highest BCUT2D eigenvalue weighted by molar-refractivity contribution is 5.74. The number of carbonyl (C=O) groups excluding carboxylic acids is 1. The van der Waals surface area contributed by atoms with Gasteiger partial charge in [0.1, 0.15) is 5.82 Å². The summed E-state index contributed by atoms with van der Waals surface area (Å²) >= 11 is 0. The summed E-state index contributed by atoms with van der Waals surface area (Å²) in [6.45, 7) is 0. The second-order valence-electron chi connectivity index (χ2n) is 9.54. The van der Waals surface area contributed by atoms with Gasteiger partial charge in [-0.05, 0) is 64.2 Å². The summed E-state index contributed by atoms with van der Waals surface area (Å²) in [5, 5.41) is 9.96. The summed E-state index contributed by atoms with van der Waals surface area (Å²) in [5.74, 6) is 1.84. The molecule has 3 aliphatic carbocycles. The van der Waals surface area contributed by atoms with Crippen LogP contribution in [0.5, 0.6) is 0 Å². The molecule has 3 N–H and O–H groups in total. The van der Waals surface area contributed by atoms with Crippen LogP contribution in [0.4, 0.5) is 16.6 Å². The normalized spacial score (nSPS) is 24.6. The van der Waals surface area contributed by atoms with E-state index in [1.165, 1.54) is 43.4 Å². The molecule has 7 heteroatoms. The van der Waals surface area contributed by atoms with Gasteiger partial charge >= 0.3 is 6.03 Å². The van der Waals surface area contributed by atoms with Gasteiger partial charge in [-0.25, -0.2) is 9.78 Å². The van der Waals surface area contributed by atoms with Crippen LogP contribution in [0, 0.1) is 0 Å². The number of nitrogens with zero attached hydrogens (tertiary/aromatic N) is 3. The van der Waals surface area contributed by atoms with Crippen LogP contribution < -0.4 is 20.9 Å². The second-order valence-corrected chi connectivity index (χ2v) is 9.54. The van der Waals surface area contributed by atoms with Gasteiger partial charge in [0, 0.05) is 37.8 Å². The van der Waals surface area contributed by atoms with Crippen molar-refractivity contribution in [3.8, 4) is 0 Å². The van der Waals surface area contributed by atoms with Crippen LogP contribution >= 0.6 is 0 Å². The number of hydrogen-bond acceptors (Lipinski definition) is 5. The number of urea groups is 1. The maximum absolute atomic E-state index is 12.3. The second kappa shape index (κ2) is 9.84. The molecular formula is C23H38N6O. The number of fused-ring (bicyclic) bond motifs is 1. The standard InChI is InChI=1S/C23H38N6O/c1-29(2)21-19-10-6-7-11-20(19)27-22(28-21)24-17-12-14-18(15-13-17)26-23(30)25-16-8-4-3-5-9-16/h16-18H,3-15H2,1-2H3,(H,24,27,28)(H2,25,26,30). The first kappa shape index (κ1) is 21.2. The van der Waals surface area contributed by atoms with E-state index >= 15 is 0 Å². The van der Waals surface area contributed by atoms with Crippen molar-refractivity contribution >= 4 is 17.8 Å². The molecule has 0 bridgehead atoms. The average Bonchev–Trinajstić information content (AvgIpc) is 2.75. The molecule has 0 saturated heterocycles. The maximum atomic E-state index is 12.3. The third-order valence-corrected chi connectivity index (χ3v) is 6.92. The van der Waals surface area contributed by atoms with E-state index in [1.54, 1.807) is 0 Å². The van der Waals surface area contributed by atoms with Crippen LogP contribution in [-0.2, 0) is 12.8 Å². The number of hydrogen-bond donors (Lipinski definition) is 3. The van der Waals surface area contributed by atoms with Crippen molar-refractivity contribution in [1.82, 2.24) is 20.6 Å². The monoisotopic (exact) mass is 414 g/mol. The smallest absolute Gasteiger partial charge is 0.315 e. The molecule has 0 aliphatic heterocycles. The molecule has 0 radical (unpaired) electrons. The zero-order valence-corrected chi connectivity index (χ0v) is 18.7. The van der Waals surface area contributed by atoms with Crippen molar-refractivity contribution in [2.45, 2.75) is 102 Å². The lowest BCUT2D eigenvalue weighted by Crippen LogP contribution is -2.48. The van der Waals surface area contributed by atoms with Crippen molar-refractivity contribution < 1.29 is 4.79 Å². The Hall–Kier alpha value is -2.05. The van der Waals surface area contributed by atoms with Gasteiger partial charge in [-0.15, -0.1) is 0 Å². The molecule has 30 heavy (non-hydrogen) atoms. The average molecular weight is 415 g/mol. The Morgan fingerprint density at radius 2 is 1.43 bits per heavy atom. The summed E-state index contributed by atoms with van der Waals surface area (Å²) in [6, 6.07) is 1.03. The molecule has 4 rings (SSSR count). The van der Waals surface area contributed by atoms with Gasteiger partial charge in [-0.3, -0.25) is 0 Å².